The van der Waals surface area contributed by atoms with Crippen LogP contribution < -0.4 is 15.4 Å². The van der Waals surface area contributed by atoms with Gasteiger partial charge in [-0.25, -0.2) is 0 Å². The van der Waals surface area contributed by atoms with Gasteiger partial charge < -0.3 is 20.3 Å². The second-order valence-electron chi connectivity index (χ2n) is 5.28. The molecule has 1 heterocycles. The molecule has 0 unspecified atom stereocenters. The molecular weight excluding hydrogens is 266 g/mol. The number of carbonyl (C=O) groups is 1. The van der Waals surface area contributed by atoms with Gasteiger partial charge in [0.2, 0.25) is 0 Å². The third-order valence-electron chi connectivity index (χ3n) is 3.60. The molecule has 0 fully saturated rings. The van der Waals surface area contributed by atoms with Gasteiger partial charge in [-0.3, -0.25) is 4.79 Å². The Morgan fingerprint density at radius 1 is 1.33 bits per heavy atom. The highest BCUT2D eigenvalue weighted by Gasteiger charge is 2.15. The Morgan fingerprint density at radius 3 is 2.95 bits per heavy atom. The summed E-state index contributed by atoms with van der Waals surface area (Å²) in [6, 6.07) is 5.93. The lowest BCUT2D eigenvalue weighted by Crippen LogP contribution is -2.32. The summed E-state index contributed by atoms with van der Waals surface area (Å²) in [4.78, 5) is 13.7. The number of hydrogen-bond acceptors (Lipinski definition) is 4. The molecule has 2 rings (SSSR count). The van der Waals surface area contributed by atoms with E-state index in [1.165, 1.54) is 6.42 Å². The van der Waals surface area contributed by atoms with E-state index in [0.717, 1.165) is 49.7 Å². The molecule has 0 aromatic heterocycles. The standard InChI is InChI=1S/C16H25N3O2/c1-3-8-19(4-2)9-7-17-11-13-5-6-15-14(10-13)18-16(20)12-21-15/h5-6,10,17H,3-4,7-9,11-12H2,1-2H3,(H,18,20). The predicted octanol–water partition coefficient (Wildman–Crippen LogP) is 1.84. The van der Waals surface area contributed by atoms with Gasteiger partial charge in [-0.15, -0.1) is 0 Å². The fourth-order valence-corrected chi connectivity index (χ4v) is 2.45. The van der Waals surface area contributed by atoms with Crippen LogP contribution in [0.5, 0.6) is 5.75 Å². The highest BCUT2D eigenvalue weighted by molar-refractivity contribution is 5.95. The van der Waals surface area contributed by atoms with E-state index in [4.69, 9.17) is 4.74 Å². The van der Waals surface area contributed by atoms with Crippen molar-refractivity contribution in [2.24, 2.45) is 0 Å². The zero-order chi connectivity index (χ0) is 15.1. The number of carbonyl (C=O) groups excluding carboxylic acids is 1. The van der Waals surface area contributed by atoms with E-state index in [1.54, 1.807) is 0 Å². The largest absolute Gasteiger partial charge is 0.482 e. The van der Waals surface area contributed by atoms with Crippen LogP contribution in [0.3, 0.4) is 0 Å². The molecule has 0 aliphatic carbocycles. The molecule has 0 saturated heterocycles. The average molecular weight is 291 g/mol. The Labute approximate surface area is 126 Å². The summed E-state index contributed by atoms with van der Waals surface area (Å²) < 4.78 is 5.35. The van der Waals surface area contributed by atoms with Crippen molar-refractivity contribution in [3.63, 3.8) is 0 Å². The quantitative estimate of drug-likeness (QED) is 0.718. The molecule has 1 aliphatic heterocycles. The van der Waals surface area contributed by atoms with Crippen molar-refractivity contribution in [2.75, 3.05) is 38.1 Å². The Hall–Kier alpha value is -1.59. The zero-order valence-electron chi connectivity index (χ0n) is 12.9. The van der Waals surface area contributed by atoms with Crippen LogP contribution in [0.2, 0.25) is 0 Å². The monoisotopic (exact) mass is 291 g/mol. The van der Waals surface area contributed by atoms with Crippen LogP contribution in [-0.4, -0.2) is 43.6 Å². The summed E-state index contributed by atoms with van der Waals surface area (Å²) in [6.45, 7) is 9.59. The summed E-state index contributed by atoms with van der Waals surface area (Å²) in [6.07, 6.45) is 1.19. The Kier molecular flexibility index (Phi) is 6.02. The number of fused-ring (bicyclic) bond motifs is 1. The van der Waals surface area contributed by atoms with Gasteiger partial charge in [-0.2, -0.15) is 0 Å². The number of nitrogens with zero attached hydrogens (tertiary/aromatic N) is 1. The first-order chi connectivity index (χ1) is 10.2. The summed E-state index contributed by atoms with van der Waals surface area (Å²) in [7, 11) is 0. The van der Waals surface area contributed by atoms with Crippen LogP contribution in [0, 0.1) is 0 Å². The third-order valence-corrected chi connectivity index (χ3v) is 3.60. The number of rotatable bonds is 8. The Bertz CT molecular complexity index is 477. The summed E-state index contributed by atoms with van der Waals surface area (Å²) in [5.74, 6) is 0.657. The van der Waals surface area contributed by atoms with Crippen molar-refractivity contribution < 1.29 is 9.53 Å². The van der Waals surface area contributed by atoms with Gasteiger partial charge in [0.05, 0.1) is 5.69 Å². The maximum absolute atomic E-state index is 11.3. The fourth-order valence-electron chi connectivity index (χ4n) is 2.45. The van der Waals surface area contributed by atoms with Crippen molar-refractivity contribution >= 4 is 11.6 Å². The number of nitrogens with one attached hydrogen (secondary N) is 2. The van der Waals surface area contributed by atoms with Crippen LogP contribution in [0.15, 0.2) is 18.2 Å². The molecule has 1 aliphatic rings. The van der Waals surface area contributed by atoms with Gasteiger partial charge in [0.25, 0.3) is 5.91 Å². The molecule has 5 nitrogen and oxygen atoms in total. The molecule has 1 amide bonds. The van der Waals surface area contributed by atoms with Crippen molar-refractivity contribution in [2.45, 2.75) is 26.8 Å². The zero-order valence-corrected chi connectivity index (χ0v) is 12.9. The van der Waals surface area contributed by atoms with Gasteiger partial charge in [-0.1, -0.05) is 19.9 Å². The van der Waals surface area contributed by atoms with E-state index in [9.17, 15) is 4.79 Å². The van der Waals surface area contributed by atoms with Gasteiger partial charge >= 0.3 is 0 Å². The number of hydrogen-bond donors (Lipinski definition) is 2. The van der Waals surface area contributed by atoms with E-state index >= 15 is 0 Å². The molecule has 0 spiro atoms. The van der Waals surface area contributed by atoms with Crippen LogP contribution in [0.1, 0.15) is 25.8 Å². The van der Waals surface area contributed by atoms with Gasteiger partial charge in [-0.05, 0) is 37.2 Å². The maximum Gasteiger partial charge on any atom is 0.262 e. The maximum atomic E-state index is 11.3. The number of likely N-dealkylation sites (N-methyl/N-ethyl adjacent to an activating group) is 1. The van der Waals surface area contributed by atoms with Gasteiger partial charge in [0, 0.05) is 19.6 Å². The Balaban J connectivity index is 1.78. The highest BCUT2D eigenvalue weighted by atomic mass is 16.5. The first-order valence-corrected chi connectivity index (χ1v) is 7.71. The second-order valence-corrected chi connectivity index (χ2v) is 5.28. The third kappa shape index (κ3) is 4.72. The minimum atomic E-state index is -0.0919. The summed E-state index contributed by atoms with van der Waals surface area (Å²) in [5.41, 5.74) is 1.92. The SMILES string of the molecule is CCCN(CC)CCNCc1ccc2c(c1)NC(=O)CO2. The molecule has 21 heavy (non-hydrogen) atoms. The molecule has 1 aromatic rings. The number of amides is 1. The van der Waals surface area contributed by atoms with E-state index in [2.05, 4.69) is 29.4 Å². The highest BCUT2D eigenvalue weighted by Crippen LogP contribution is 2.28. The van der Waals surface area contributed by atoms with Crippen LogP contribution in [0.4, 0.5) is 5.69 Å². The summed E-state index contributed by atoms with van der Waals surface area (Å²) in [5, 5.41) is 6.28. The van der Waals surface area contributed by atoms with Crippen LogP contribution >= 0.6 is 0 Å². The molecule has 0 atom stereocenters. The second kappa shape index (κ2) is 8.00. The van der Waals surface area contributed by atoms with Crippen LogP contribution in [-0.2, 0) is 11.3 Å². The number of ether oxygens (including phenoxy) is 1. The first-order valence-electron chi connectivity index (χ1n) is 7.71. The first kappa shape index (κ1) is 15.8. The molecule has 116 valence electrons. The number of anilines is 1. The molecular formula is C16H25N3O2. The van der Waals surface area contributed by atoms with Gasteiger partial charge in [0.15, 0.2) is 6.61 Å². The lowest BCUT2D eigenvalue weighted by molar-refractivity contribution is -0.118. The molecule has 5 heteroatoms. The average Bonchev–Trinajstić information content (AvgIpc) is 2.50. The lowest BCUT2D eigenvalue weighted by Gasteiger charge is -2.20. The minimum Gasteiger partial charge on any atom is -0.482 e. The van der Waals surface area contributed by atoms with E-state index in [1.807, 2.05) is 18.2 Å². The molecule has 0 bridgehead atoms. The van der Waals surface area contributed by atoms with Crippen molar-refractivity contribution in [1.82, 2.24) is 10.2 Å². The predicted molar refractivity (Wildman–Crippen MR) is 84.7 cm³/mol. The normalized spacial score (nSPS) is 13.8. The molecule has 1 aromatic carbocycles. The van der Waals surface area contributed by atoms with Crippen molar-refractivity contribution in [1.29, 1.82) is 0 Å². The number of benzene rings is 1. The van der Waals surface area contributed by atoms with Crippen LogP contribution in [0.25, 0.3) is 0 Å². The molecule has 0 saturated carbocycles. The molecule has 0 radical (unpaired) electrons. The van der Waals surface area contributed by atoms with Crippen molar-refractivity contribution in [3.8, 4) is 5.75 Å². The van der Waals surface area contributed by atoms with Crippen molar-refractivity contribution in [3.05, 3.63) is 23.8 Å². The van der Waals surface area contributed by atoms with E-state index < -0.39 is 0 Å². The lowest BCUT2D eigenvalue weighted by atomic mass is 10.1. The van der Waals surface area contributed by atoms with E-state index in [-0.39, 0.29) is 12.5 Å². The van der Waals surface area contributed by atoms with E-state index in [0.29, 0.717) is 0 Å². The Morgan fingerprint density at radius 2 is 2.19 bits per heavy atom. The van der Waals surface area contributed by atoms with Gasteiger partial charge in [0.1, 0.15) is 5.75 Å². The summed E-state index contributed by atoms with van der Waals surface area (Å²) >= 11 is 0. The topological polar surface area (TPSA) is 53.6 Å². The molecule has 2 N–H and O–H groups in total. The minimum absolute atomic E-state index is 0.0919. The fraction of sp³-hybridized carbons (Fsp3) is 0.562. The smallest absolute Gasteiger partial charge is 0.262 e.